The lowest BCUT2D eigenvalue weighted by Gasteiger charge is -2.06. The molecular formula is C12H11BrClNS. The van der Waals surface area contributed by atoms with Gasteiger partial charge in [-0.1, -0.05) is 11.6 Å². The van der Waals surface area contributed by atoms with Gasteiger partial charge in [-0.3, -0.25) is 0 Å². The molecular weight excluding hydrogens is 306 g/mol. The summed E-state index contributed by atoms with van der Waals surface area (Å²) in [5, 5.41) is 8.39. The van der Waals surface area contributed by atoms with Crippen molar-refractivity contribution in [2.45, 2.75) is 6.42 Å². The van der Waals surface area contributed by atoms with Crippen molar-refractivity contribution in [1.82, 2.24) is 0 Å². The van der Waals surface area contributed by atoms with Crippen LogP contribution in [-0.4, -0.2) is 6.54 Å². The Bertz CT molecular complexity index is 456. The van der Waals surface area contributed by atoms with Crippen LogP contribution in [0.1, 0.15) is 5.56 Å². The SMILES string of the molecule is Clc1ccc(NCCc2ccsc2)cc1Br. The predicted molar refractivity (Wildman–Crippen MR) is 75.7 cm³/mol. The van der Waals surface area contributed by atoms with E-state index in [1.54, 1.807) is 11.3 Å². The van der Waals surface area contributed by atoms with Gasteiger partial charge in [-0.2, -0.15) is 11.3 Å². The third kappa shape index (κ3) is 3.24. The van der Waals surface area contributed by atoms with E-state index >= 15 is 0 Å². The van der Waals surface area contributed by atoms with Crippen LogP contribution in [0, 0.1) is 0 Å². The quantitative estimate of drug-likeness (QED) is 0.853. The van der Waals surface area contributed by atoms with Gasteiger partial charge in [0.25, 0.3) is 0 Å². The summed E-state index contributed by atoms with van der Waals surface area (Å²) in [6.45, 7) is 0.935. The highest BCUT2D eigenvalue weighted by Gasteiger charge is 1.98. The molecule has 0 aliphatic rings. The zero-order valence-corrected chi connectivity index (χ0v) is 11.7. The van der Waals surface area contributed by atoms with Crippen LogP contribution in [0.4, 0.5) is 5.69 Å². The van der Waals surface area contributed by atoms with E-state index in [-0.39, 0.29) is 0 Å². The molecule has 1 heterocycles. The summed E-state index contributed by atoms with van der Waals surface area (Å²) < 4.78 is 0.926. The van der Waals surface area contributed by atoms with Crippen LogP contribution in [0.5, 0.6) is 0 Å². The van der Waals surface area contributed by atoms with Gasteiger partial charge >= 0.3 is 0 Å². The summed E-state index contributed by atoms with van der Waals surface area (Å²) in [6.07, 6.45) is 1.05. The Kier molecular flexibility index (Phi) is 4.27. The fourth-order valence-corrected chi connectivity index (χ4v) is 2.59. The van der Waals surface area contributed by atoms with Crippen molar-refractivity contribution in [1.29, 1.82) is 0 Å². The highest BCUT2D eigenvalue weighted by Crippen LogP contribution is 2.25. The van der Waals surface area contributed by atoms with Crippen LogP contribution >= 0.6 is 38.9 Å². The van der Waals surface area contributed by atoms with Gasteiger partial charge in [0.1, 0.15) is 0 Å². The van der Waals surface area contributed by atoms with Crippen LogP contribution in [0.15, 0.2) is 39.5 Å². The van der Waals surface area contributed by atoms with E-state index in [2.05, 4.69) is 38.1 Å². The third-order valence-electron chi connectivity index (χ3n) is 2.24. The summed E-state index contributed by atoms with van der Waals surface area (Å²) in [5.74, 6) is 0. The van der Waals surface area contributed by atoms with E-state index in [4.69, 9.17) is 11.6 Å². The van der Waals surface area contributed by atoms with Gasteiger partial charge in [0, 0.05) is 16.7 Å². The normalized spacial score (nSPS) is 10.4. The second kappa shape index (κ2) is 5.71. The zero-order chi connectivity index (χ0) is 11.4. The van der Waals surface area contributed by atoms with Crippen molar-refractivity contribution in [3.05, 3.63) is 50.1 Å². The lowest BCUT2D eigenvalue weighted by Crippen LogP contribution is -2.03. The van der Waals surface area contributed by atoms with E-state index < -0.39 is 0 Å². The Labute approximate surface area is 113 Å². The maximum Gasteiger partial charge on any atom is 0.0549 e. The number of anilines is 1. The monoisotopic (exact) mass is 315 g/mol. The zero-order valence-electron chi connectivity index (χ0n) is 8.54. The molecule has 2 rings (SSSR count). The Morgan fingerprint density at radius 1 is 1.31 bits per heavy atom. The fourth-order valence-electron chi connectivity index (χ4n) is 1.39. The minimum atomic E-state index is 0.739. The Morgan fingerprint density at radius 2 is 2.19 bits per heavy atom. The smallest absolute Gasteiger partial charge is 0.0549 e. The average molecular weight is 317 g/mol. The molecule has 1 nitrogen and oxygen atoms in total. The summed E-state index contributed by atoms with van der Waals surface area (Å²) in [5.41, 5.74) is 2.47. The summed E-state index contributed by atoms with van der Waals surface area (Å²) in [7, 11) is 0. The van der Waals surface area contributed by atoms with E-state index in [1.807, 2.05) is 18.2 Å². The molecule has 2 aromatic rings. The molecule has 0 amide bonds. The lowest BCUT2D eigenvalue weighted by atomic mass is 10.2. The number of rotatable bonds is 4. The number of hydrogen-bond donors (Lipinski definition) is 1. The highest BCUT2D eigenvalue weighted by atomic mass is 79.9. The number of benzene rings is 1. The molecule has 0 saturated carbocycles. The lowest BCUT2D eigenvalue weighted by molar-refractivity contribution is 1.03. The molecule has 4 heteroatoms. The van der Waals surface area contributed by atoms with Crippen molar-refractivity contribution in [3.63, 3.8) is 0 Å². The Hall–Kier alpha value is -0.510. The second-order valence-electron chi connectivity index (χ2n) is 3.44. The van der Waals surface area contributed by atoms with Gasteiger partial charge < -0.3 is 5.32 Å². The molecule has 0 fully saturated rings. The fraction of sp³-hybridized carbons (Fsp3) is 0.167. The van der Waals surface area contributed by atoms with Crippen LogP contribution in [-0.2, 0) is 6.42 Å². The van der Waals surface area contributed by atoms with Crippen LogP contribution in [0.3, 0.4) is 0 Å². The first kappa shape index (κ1) is 12.0. The van der Waals surface area contributed by atoms with Crippen molar-refractivity contribution >= 4 is 44.6 Å². The number of hydrogen-bond acceptors (Lipinski definition) is 2. The average Bonchev–Trinajstić information content (AvgIpc) is 2.76. The van der Waals surface area contributed by atoms with E-state index in [9.17, 15) is 0 Å². The van der Waals surface area contributed by atoms with Crippen molar-refractivity contribution in [2.24, 2.45) is 0 Å². The van der Waals surface area contributed by atoms with E-state index in [1.165, 1.54) is 5.56 Å². The molecule has 16 heavy (non-hydrogen) atoms. The molecule has 0 spiro atoms. The maximum absolute atomic E-state index is 5.92. The number of nitrogens with one attached hydrogen (secondary N) is 1. The standard InChI is InChI=1S/C12H11BrClNS/c13-11-7-10(1-2-12(11)14)15-5-3-9-4-6-16-8-9/h1-2,4,6-8,15H,3,5H2. The minimum Gasteiger partial charge on any atom is -0.385 e. The van der Waals surface area contributed by atoms with Crippen molar-refractivity contribution in [2.75, 3.05) is 11.9 Å². The van der Waals surface area contributed by atoms with E-state index in [0.29, 0.717) is 0 Å². The van der Waals surface area contributed by atoms with Gasteiger partial charge in [-0.15, -0.1) is 0 Å². The second-order valence-corrected chi connectivity index (χ2v) is 5.48. The minimum absolute atomic E-state index is 0.739. The van der Waals surface area contributed by atoms with Crippen LogP contribution in [0.25, 0.3) is 0 Å². The maximum atomic E-state index is 5.92. The summed E-state index contributed by atoms with van der Waals surface area (Å²) in [4.78, 5) is 0. The molecule has 0 bridgehead atoms. The van der Waals surface area contributed by atoms with Crippen molar-refractivity contribution < 1.29 is 0 Å². The van der Waals surface area contributed by atoms with Gasteiger partial charge in [0.2, 0.25) is 0 Å². The molecule has 1 aromatic carbocycles. The summed E-state index contributed by atoms with van der Waals surface area (Å²) in [6, 6.07) is 8.03. The summed E-state index contributed by atoms with van der Waals surface area (Å²) >= 11 is 11.1. The Balaban J connectivity index is 1.87. The van der Waals surface area contributed by atoms with Gasteiger partial charge in [0.15, 0.2) is 0 Å². The molecule has 0 saturated heterocycles. The Morgan fingerprint density at radius 3 is 2.88 bits per heavy atom. The highest BCUT2D eigenvalue weighted by molar-refractivity contribution is 9.10. The topological polar surface area (TPSA) is 12.0 Å². The first-order chi connectivity index (χ1) is 7.75. The van der Waals surface area contributed by atoms with Crippen LogP contribution in [0.2, 0.25) is 5.02 Å². The van der Waals surface area contributed by atoms with E-state index in [0.717, 1.165) is 28.1 Å². The number of halogens is 2. The predicted octanol–water partition coefficient (Wildman–Crippen LogP) is 4.82. The first-order valence-corrected chi connectivity index (χ1v) is 7.07. The molecule has 0 aliphatic carbocycles. The van der Waals surface area contributed by atoms with Gasteiger partial charge in [-0.05, 0) is 62.9 Å². The molecule has 1 aromatic heterocycles. The van der Waals surface area contributed by atoms with Crippen molar-refractivity contribution in [3.8, 4) is 0 Å². The first-order valence-electron chi connectivity index (χ1n) is 4.96. The van der Waals surface area contributed by atoms with Gasteiger partial charge in [-0.25, -0.2) is 0 Å². The molecule has 0 radical (unpaired) electrons. The van der Waals surface area contributed by atoms with Crippen LogP contribution < -0.4 is 5.32 Å². The third-order valence-corrected chi connectivity index (χ3v) is 4.19. The molecule has 1 N–H and O–H groups in total. The molecule has 0 unspecified atom stereocenters. The molecule has 0 aliphatic heterocycles. The number of thiophene rings is 1. The van der Waals surface area contributed by atoms with Gasteiger partial charge in [0.05, 0.1) is 5.02 Å². The molecule has 0 atom stereocenters. The molecule has 84 valence electrons. The largest absolute Gasteiger partial charge is 0.385 e.